The van der Waals surface area contributed by atoms with E-state index in [0.29, 0.717) is 54.5 Å². The fourth-order valence-electron chi connectivity index (χ4n) is 4.50. The number of likely N-dealkylation sites (tertiary alicyclic amines) is 1. The first-order chi connectivity index (χ1) is 16.8. The maximum atomic E-state index is 13.1. The van der Waals surface area contributed by atoms with E-state index in [1.165, 1.54) is 18.5 Å². The number of hydrogen-bond donors (Lipinski definition) is 2. The van der Waals surface area contributed by atoms with Crippen LogP contribution in [0.5, 0.6) is 0 Å². The van der Waals surface area contributed by atoms with Gasteiger partial charge in [-0.1, -0.05) is 18.2 Å². The van der Waals surface area contributed by atoms with Crippen LogP contribution in [0.1, 0.15) is 34.3 Å². The molecule has 1 saturated heterocycles. The molecule has 4 aromatic rings. The second-order valence-electron chi connectivity index (χ2n) is 8.94. The standard InChI is InChI=1S/C25H25N5O4S/c31-24(30-12-8-25(32,9-13-30)14-19-15-28-29-16-19)20-6-4-18(5-7-20)17-35(33,34)22-3-1-2-21-23(22)27-11-10-26-21/h1-7,10-11,15-16,32H,8-9,12-14,17H2,(H,28,29). The van der Waals surface area contributed by atoms with Gasteiger partial charge in [-0.05, 0) is 48.2 Å². The van der Waals surface area contributed by atoms with Crippen molar-refractivity contribution in [1.29, 1.82) is 0 Å². The van der Waals surface area contributed by atoms with Gasteiger partial charge in [0.25, 0.3) is 5.91 Å². The van der Waals surface area contributed by atoms with Gasteiger partial charge in [0.05, 0.1) is 28.0 Å². The van der Waals surface area contributed by atoms with Gasteiger partial charge in [-0.3, -0.25) is 19.9 Å². The Balaban J connectivity index is 1.25. The van der Waals surface area contributed by atoms with Crippen LogP contribution in [0.2, 0.25) is 0 Å². The van der Waals surface area contributed by atoms with Crippen molar-refractivity contribution >= 4 is 26.8 Å². The molecule has 5 rings (SSSR count). The van der Waals surface area contributed by atoms with Crippen LogP contribution in [0.15, 0.2) is 72.1 Å². The number of hydrogen-bond acceptors (Lipinski definition) is 7. The summed E-state index contributed by atoms with van der Waals surface area (Å²) in [5.74, 6) is -0.337. The average Bonchev–Trinajstić information content (AvgIpc) is 3.36. The Morgan fingerprint density at radius 1 is 1.03 bits per heavy atom. The number of rotatable bonds is 6. The molecule has 35 heavy (non-hydrogen) atoms. The molecule has 180 valence electrons. The number of fused-ring (bicyclic) bond motifs is 1. The third-order valence-corrected chi connectivity index (χ3v) is 8.14. The summed E-state index contributed by atoms with van der Waals surface area (Å²) in [4.78, 5) is 23.2. The van der Waals surface area contributed by atoms with Crippen molar-refractivity contribution in [3.8, 4) is 0 Å². The first-order valence-electron chi connectivity index (χ1n) is 11.3. The van der Waals surface area contributed by atoms with Gasteiger partial charge in [-0.25, -0.2) is 8.42 Å². The molecule has 9 nitrogen and oxygen atoms in total. The zero-order valence-electron chi connectivity index (χ0n) is 19.0. The summed E-state index contributed by atoms with van der Waals surface area (Å²) in [6.45, 7) is 0.900. The molecule has 0 saturated carbocycles. The number of carbonyl (C=O) groups is 1. The molecule has 0 atom stereocenters. The predicted molar refractivity (Wildman–Crippen MR) is 129 cm³/mol. The molecule has 1 aliphatic rings. The van der Waals surface area contributed by atoms with Gasteiger partial charge in [-0.2, -0.15) is 5.10 Å². The Labute approximate surface area is 202 Å². The summed E-state index contributed by atoms with van der Waals surface area (Å²) >= 11 is 0. The van der Waals surface area contributed by atoms with E-state index >= 15 is 0 Å². The zero-order valence-corrected chi connectivity index (χ0v) is 19.8. The van der Waals surface area contributed by atoms with Crippen LogP contribution in [-0.4, -0.2) is 63.2 Å². The number of aromatic nitrogens is 4. The molecular formula is C25H25N5O4S. The van der Waals surface area contributed by atoms with Crippen LogP contribution < -0.4 is 0 Å². The topological polar surface area (TPSA) is 129 Å². The number of benzene rings is 2. The Hall–Kier alpha value is -3.63. The van der Waals surface area contributed by atoms with Crippen molar-refractivity contribution in [1.82, 2.24) is 25.1 Å². The van der Waals surface area contributed by atoms with Crippen LogP contribution in [-0.2, 0) is 22.0 Å². The minimum Gasteiger partial charge on any atom is -0.389 e. The van der Waals surface area contributed by atoms with Crippen molar-refractivity contribution < 1.29 is 18.3 Å². The molecule has 0 unspecified atom stereocenters. The number of piperidine rings is 1. The third kappa shape index (κ3) is 4.94. The van der Waals surface area contributed by atoms with E-state index in [9.17, 15) is 18.3 Å². The molecule has 2 aromatic heterocycles. The fraction of sp³-hybridized carbons (Fsp3) is 0.280. The number of nitrogens with one attached hydrogen (secondary N) is 1. The van der Waals surface area contributed by atoms with E-state index in [-0.39, 0.29) is 16.6 Å². The van der Waals surface area contributed by atoms with Gasteiger partial charge in [0, 0.05) is 43.7 Å². The molecule has 0 radical (unpaired) electrons. The second kappa shape index (κ2) is 9.20. The Kier molecular flexibility index (Phi) is 6.08. The predicted octanol–water partition coefficient (Wildman–Crippen LogP) is 2.54. The van der Waals surface area contributed by atoms with Gasteiger partial charge in [-0.15, -0.1) is 0 Å². The van der Waals surface area contributed by atoms with Crippen LogP contribution in [0, 0.1) is 0 Å². The van der Waals surface area contributed by atoms with E-state index in [0.717, 1.165) is 5.56 Å². The average molecular weight is 492 g/mol. The summed E-state index contributed by atoms with van der Waals surface area (Å²) in [6.07, 6.45) is 7.92. The van der Waals surface area contributed by atoms with Crippen molar-refractivity contribution in [2.45, 2.75) is 35.5 Å². The van der Waals surface area contributed by atoms with Crippen LogP contribution in [0.3, 0.4) is 0 Å². The maximum Gasteiger partial charge on any atom is 0.253 e. The minimum atomic E-state index is -3.66. The number of aliphatic hydroxyl groups is 1. The molecule has 0 bridgehead atoms. The van der Waals surface area contributed by atoms with Crippen molar-refractivity contribution in [2.75, 3.05) is 13.1 Å². The Morgan fingerprint density at radius 3 is 2.49 bits per heavy atom. The molecule has 3 heterocycles. The lowest BCUT2D eigenvalue weighted by molar-refractivity contribution is -0.0162. The number of amides is 1. The lowest BCUT2D eigenvalue weighted by atomic mass is 9.86. The molecule has 0 aliphatic carbocycles. The van der Waals surface area contributed by atoms with Crippen molar-refractivity contribution in [3.05, 3.63) is 83.9 Å². The molecule has 1 aliphatic heterocycles. The van der Waals surface area contributed by atoms with Gasteiger partial charge in [0.15, 0.2) is 9.84 Å². The summed E-state index contributed by atoms with van der Waals surface area (Å²) in [5, 5.41) is 17.5. The van der Waals surface area contributed by atoms with Gasteiger partial charge < -0.3 is 10.0 Å². The number of sulfone groups is 1. The number of carbonyl (C=O) groups excluding carboxylic acids is 1. The zero-order chi connectivity index (χ0) is 24.5. The molecular weight excluding hydrogens is 466 g/mol. The highest BCUT2D eigenvalue weighted by atomic mass is 32.2. The smallest absolute Gasteiger partial charge is 0.253 e. The number of para-hydroxylation sites is 1. The molecule has 2 aromatic carbocycles. The van der Waals surface area contributed by atoms with Gasteiger partial charge >= 0.3 is 0 Å². The molecule has 0 spiro atoms. The first-order valence-corrected chi connectivity index (χ1v) is 13.0. The minimum absolute atomic E-state index is 0.130. The van der Waals surface area contributed by atoms with Gasteiger partial charge in [0.2, 0.25) is 0 Å². The third-order valence-electron chi connectivity index (χ3n) is 6.42. The lowest BCUT2D eigenvalue weighted by Crippen LogP contribution is -2.47. The van der Waals surface area contributed by atoms with Crippen LogP contribution in [0.4, 0.5) is 0 Å². The summed E-state index contributed by atoms with van der Waals surface area (Å²) < 4.78 is 26.2. The van der Waals surface area contributed by atoms with E-state index in [1.807, 2.05) is 0 Å². The van der Waals surface area contributed by atoms with E-state index in [1.54, 1.807) is 53.7 Å². The number of nitrogens with zero attached hydrogens (tertiary/aromatic N) is 4. The number of aromatic amines is 1. The molecule has 2 N–H and O–H groups in total. The summed E-state index contributed by atoms with van der Waals surface area (Å²) in [6, 6.07) is 11.6. The Morgan fingerprint density at radius 2 is 1.77 bits per heavy atom. The summed E-state index contributed by atoms with van der Waals surface area (Å²) in [5.41, 5.74) is 2.02. The lowest BCUT2D eigenvalue weighted by Gasteiger charge is -2.38. The number of H-pyrrole nitrogens is 1. The Bertz CT molecular complexity index is 1440. The van der Waals surface area contributed by atoms with Crippen molar-refractivity contribution in [3.63, 3.8) is 0 Å². The largest absolute Gasteiger partial charge is 0.389 e. The SMILES string of the molecule is O=C(c1ccc(CS(=O)(=O)c2cccc3nccnc23)cc1)N1CCC(O)(Cc2cn[nH]c2)CC1. The molecule has 10 heteroatoms. The highest BCUT2D eigenvalue weighted by Gasteiger charge is 2.34. The molecule has 1 amide bonds. The van der Waals surface area contributed by atoms with E-state index in [2.05, 4.69) is 20.2 Å². The highest BCUT2D eigenvalue weighted by Crippen LogP contribution is 2.27. The monoisotopic (exact) mass is 491 g/mol. The second-order valence-corrected chi connectivity index (χ2v) is 10.9. The fourth-order valence-corrected chi connectivity index (χ4v) is 6.02. The van der Waals surface area contributed by atoms with Crippen LogP contribution >= 0.6 is 0 Å². The summed E-state index contributed by atoms with van der Waals surface area (Å²) in [7, 11) is -3.66. The van der Waals surface area contributed by atoms with E-state index < -0.39 is 15.4 Å². The van der Waals surface area contributed by atoms with E-state index in [4.69, 9.17) is 0 Å². The van der Waals surface area contributed by atoms with Crippen LogP contribution in [0.25, 0.3) is 11.0 Å². The van der Waals surface area contributed by atoms with Gasteiger partial charge in [0.1, 0.15) is 5.52 Å². The normalized spacial score (nSPS) is 15.9. The van der Waals surface area contributed by atoms with Crippen molar-refractivity contribution in [2.24, 2.45) is 0 Å². The molecule has 1 fully saturated rings. The maximum absolute atomic E-state index is 13.1. The highest BCUT2D eigenvalue weighted by molar-refractivity contribution is 7.90. The first kappa shape index (κ1) is 23.1. The quantitative estimate of drug-likeness (QED) is 0.424.